The molecule has 0 spiro atoms. The first kappa shape index (κ1) is 22.5. The molecule has 1 aliphatic rings. The van der Waals surface area contributed by atoms with Crippen LogP contribution in [0.25, 0.3) is 0 Å². The number of carbonyl (C=O) groups is 3. The van der Waals surface area contributed by atoms with Crippen LogP contribution in [-0.2, 0) is 20.9 Å². The Kier molecular flexibility index (Phi) is 7.42. The molecule has 1 N–H and O–H groups in total. The molecule has 1 atom stereocenters. The van der Waals surface area contributed by atoms with E-state index in [0.717, 1.165) is 5.56 Å². The quantitative estimate of drug-likeness (QED) is 0.731. The van der Waals surface area contributed by atoms with Crippen LogP contribution in [0.1, 0.15) is 45.6 Å². The lowest BCUT2D eigenvalue weighted by Gasteiger charge is -2.45. The number of hydrogen-bond acceptors (Lipinski definition) is 5. The lowest BCUT2D eigenvalue weighted by molar-refractivity contribution is -0.134. The number of Topliss-reactive ketones (excluding diaryl/α,β-unsaturated/α-hetero) is 1. The molecule has 2 amide bonds. The lowest BCUT2D eigenvalue weighted by Crippen LogP contribution is -2.65. The minimum absolute atomic E-state index is 0.0648. The summed E-state index contributed by atoms with van der Waals surface area (Å²) in [5, 5.41) is 2.65. The molecule has 1 aromatic rings. The third-order valence-electron chi connectivity index (χ3n) is 4.66. The predicted octanol–water partition coefficient (Wildman–Crippen LogP) is 3.83. The molecule has 158 valence electrons. The minimum Gasteiger partial charge on any atom is -0.445 e. The molecule has 1 fully saturated rings. The Hall–Kier alpha value is -2.83. The summed E-state index contributed by atoms with van der Waals surface area (Å²) >= 11 is 0. The molecule has 1 aliphatic heterocycles. The Morgan fingerprint density at radius 2 is 1.97 bits per heavy atom. The summed E-state index contributed by atoms with van der Waals surface area (Å²) in [6, 6.07) is 9.29. The molecule has 0 bridgehead atoms. The van der Waals surface area contributed by atoms with E-state index in [1.807, 2.05) is 30.3 Å². The summed E-state index contributed by atoms with van der Waals surface area (Å²) in [5.41, 5.74) is -1.07. The number of benzene rings is 1. The SMILES string of the molecule is C=CC[C@@]1(CNC(=O)OCc2ccccc2)C(=O)CCCN1C(=O)OC(C)(C)C. The fourth-order valence-electron chi connectivity index (χ4n) is 3.30. The Morgan fingerprint density at radius 1 is 1.28 bits per heavy atom. The second-order valence-electron chi connectivity index (χ2n) is 8.10. The highest BCUT2D eigenvalue weighted by Gasteiger charge is 2.48. The monoisotopic (exact) mass is 402 g/mol. The van der Waals surface area contributed by atoms with Crippen molar-refractivity contribution in [2.45, 2.75) is 57.8 Å². The van der Waals surface area contributed by atoms with Gasteiger partial charge in [-0.25, -0.2) is 9.59 Å². The number of piperidine rings is 1. The first-order valence-corrected chi connectivity index (χ1v) is 9.77. The van der Waals surface area contributed by atoms with Gasteiger partial charge >= 0.3 is 12.2 Å². The molecule has 2 rings (SSSR count). The van der Waals surface area contributed by atoms with E-state index in [1.165, 1.54) is 4.90 Å². The van der Waals surface area contributed by atoms with Crippen LogP contribution in [0.3, 0.4) is 0 Å². The number of amides is 2. The summed E-state index contributed by atoms with van der Waals surface area (Å²) in [6.45, 7) is 9.46. The number of ether oxygens (including phenoxy) is 2. The third-order valence-corrected chi connectivity index (χ3v) is 4.66. The molecule has 0 unspecified atom stereocenters. The summed E-state index contributed by atoms with van der Waals surface area (Å²) in [5.74, 6) is -0.127. The Labute approximate surface area is 172 Å². The largest absolute Gasteiger partial charge is 0.445 e. The average Bonchev–Trinajstić information content (AvgIpc) is 2.66. The van der Waals surface area contributed by atoms with Gasteiger partial charge in [0.15, 0.2) is 5.78 Å². The number of carbonyl (C=O) groups excluding carboxylic acids is 3. The highest BCUT2D eigenvalue weighted by atomic mass is 16.6. The van der Waals surface area contributed by atoms with E-state index in [1.54, 1.807) is 26.8 Å². The molecular formula is C22H30N2O5. The molecule has 0 aliphatic carbocycles. The molecular weight excluding hydrogens is 372 g/mol. The van der Waals surface area contributed by atoms with Gasteiger partial charge in [-0.2, -0.15) is 0 Å². The molecule has 0 aromatic heterocycles. The molecule has 1 heterocycles. The number of alkyl carbamates (subject to hydrolysis) is 1. The number of rotatable bonds is 6. The molecule has 7 heteroatoms. The van der Waals surface area contributed by atoms with E-state index < -0.39 is 23.3 Å². The number of ketones is 1. The van der Waals surface area contributed by atoms with Crippen LogP contribution in [-0.4, -0.2) is 47.1 Å². The van der Waals surface area contributed by atoms with Crippen molar-refractivity contribution < 1.29 is 23.9 Å². The van der Waals surface area contributed by atoms with Crippen LogP contribution in [0.15, 0.2) is 43.0 Å². The van der Waals surface area contributed by atoms with Gasteiger partial charge in [-0.15, -0.1) is 6.58 Å². The minimum atomic E-state index is -1.23. The molecule has 7 nitrogen and oxygen atoms in total. The van der Waals surface area contributed by atoms with E-state index in [-0.39, 0.29) is 25.4 Å². The maximum absolute atomic E-state index is 12.9. The zero-order chi connectivity index (χ0) is 21.5. The van der Waals surface area contributed by atoms with Crippen LogP contribution >= 0.6 is 0 Å². The van der Waals surface area contributed by atoms with Gasteiger partial charge in [-0.05, 0) is 39.2 Å². The first-order chi connectivity index (χ1) is 13.7. The Balaban J connectivity index is 2.10. The van der Waals surface area contributed by atoms with Crippen LogP contribution < -0.4 is 5.32 Å². The van der Waals surface area contributed by atoms with Gasteiger partial charge in [-0.3, -0.25) is 9.69 Å². The summed E-state index contributed by atoms with van der Waals surface area (Å²) in [4.78, 5) is 39.3. The van der Waals surface area contributed by atoms with Crippen LogP contribution in [0, 0.1) is 0 Å². The summed E-state index contributed by atoms with van der Waals surface area (Å²) in [6.07, 6.45) is 1.44. The smallest absolute Gasteiger partial charge is 0.411 e. The van der Waals surface area contributed by atoms with Crippen molar-refractivity contribution >= 4 is 18.0 Å². The third kappa shape index (κ3) is 6.07. The van der Waals surface area contributed by atoms with E-state index in [2.05, 4.69) is 11.9 Å². The average molecular weight is 402 g/mol. The maximum atomic E-state index is 12.9. The van der Waals surface area contributed by atoms with Crippen molar-refractivity contribution in [3.63, 3.8) is 0 Å². The molecule has 0 saturated carbocycles. The first-order valence-electron chi connectivity index (χ1n) is 9.77. The van der Waals surface area contributed by atoms with E-state index in [4.69, 9.17) is 9.47 Å². The van der Waals surface area contributed by atoms with Crippen molar-refractivity contribution in [2.75, 3.05) is 13.1 Å². The molecule has 0 radical (unpaired) electrons. The highest BCUT2D eigenvalue weighted by Crippen LogP contribution is 2.30. The lowest BCUT2D eigenvalue weighted by atomic mass is 9.82. The number of nitrogens with zero attached hydrogens (tertiary/aromatic N) is 1. The van der Waals surface area contributed by atoms with Crippen molar-refractivity contribution in [3.8, 4) is 0 Å². The number of hydrogen-bond donors (Lipinski definition) is 1. The standard InChI is InChI=1S/C22H30N2O5/c1-5-13-22(16-23-19(26)28-15-17-10-7-6-8-11-17)18(25)12-9-14-24(22)20(27)29-21(2,3)4/h5-8,10-11H,1,9,12-16H2,2-4H3,(H,23,26)/t22-/m1/s1. The molecule has 29 heavy (non-hydrogen) atoms. The van der Waals surface area contributed by atoms with E-state index in [9.17, 15) is 14.4 Å². The van der Waals surface area contributed by atoms with Crippen LogP contribution in [0.5, 0.6) is 0 Å². The maximum Gasteiger partial charge on any atom is 0.411 e. The zero-order valence-corrected chi connectivity index (χ0v) is 17.4. The normalized spacial score (nSPS) is 19.4. The topological polar surface area (TPSA) is 84.9 Å². The fourth-order valence-corrected chi connectivity index (χ4v) is 3.30. The zero-order valence-electron chi connectivity index (χ0n) is 17.4. The Morgan fingerprint density at radius 3 is 2.59 bits per heavy atom. The number of nitrogens with one attached hydrogen (secondary N) is 1. The van der Waals surface area contributed by atoms with Gasteiger partial charge in [0.05, 0.1) is 6.54 Å². The second-order valence-corrected chi connectivity index (χ2v) is 8.10. The van der Waals surface area contributed by atoms with Crippen molar-refractivity contribution in [1.29, 1.82) is 0 Å². The van der Waals surface area contributed by atoms with E-state index >= 15 is 0 Å². The predicted molar refractivity (Wildman–Crippen MR) is 109 cm³/mol. The van der Waals surface area contributed by atoms with Gasteiger partial charge in [0.1, 0.15) is 17.7 Å². The summed E-state index contributed by atoms with van der Waals surface area (Å²) in [7, 11) is 0. The molecule has 1 aromatic carbocycles. The van der Waals surface area contributed by atoms with Gasteiger partial charge in [0.2, 0.25) is 0 Å². The molecule has 1 saturated heterocycles. The van der Waals surface area contributed by atoms with Gasteiger partial charge in [0.25, 0.3) is 0 Å². The van der Waals surface area contributed by atoms with Crippen LogP contribution in [0.2, 0.25) is 0 Å². The van der Waals surface area contributed by atoms with E-state index in [0.29, 0.717) is 19.4 Å². The fraction of sp³-hybridized carbons (Fsp3) is 0.500. The van der Waals surface area contributed by atoms with Crippen molar-refractivity contribution in [2.24, 2.45) is 0 Å². The van der Waals surface area contributed by atoms with Gasteiger partial charge in [-0.1, -0.05) is 36.4 Å². The number of likely N-dealkylation sites (tertiary alicyclic amines) is 1. The van der Waals surface area contributed by atoms with Gasteiger partial charge in [0, 0.05) is 13.0 Å². The Bertz CT molecular complexity index is 741. The van der Waals surface area contributed by atoms with Crippen LogP contribution in [0.4, 0.5) is 9.59 Å². The van der Waals surface area contributed by atoms with Gasteiger partial charge < -0.3 is 14.8 Å². The summed E-state index contributed by atoms with van der Waals surface area (Å²) < 4.78 is 10.7. The van der Waals surface area contributed by atoms with Crippen molar-refractivity contribution in [1.82, 2.24) is 10.2 Å². The highest BCUT2D eigenvalue weighted by molar-refractivity contribution is 5.93. The van der Waals surface area contributed by atoms with Crippen molar-refractivity contribution in [3.05, 3.63) is 48.6 Å². The second kappa shape index (κ2) is 9.58.